The number of ether oxygens (including phenoxy) is 2. The van der Waals surface area contributed by atoms with Crippen molar-refractivity contribution in [2.24, 2.45) is 0 Å². The van der Waals surface area contributed by atoms with E-state index in [0.717, 1.165) is 28.9 Å². The first-order chi connectivity index (χ1) is 13.0. The molecule has 1 N–H and O–H groups in total. The SMILES string of the molecule is COc1cccc(N(C)CCOc2ccc(/C=C3\SC(=O)NC3=O)cc2)n1. The molecule has 0 spiro atoms. The van der Waals surface area contributed by atoms with Crippen LogP contribution in [-0.2, 0) is 4.79 Å². The van der Waals surface area contributed by atoms with Gasteiger partial charge in [0.25, 0.3) is 11.1 Å². The summed E-state index contributed by atoms with van der Waals surface area (Å²) in [6.07, 6.45) is 1.68. The summed E-state index contributed by atoms with van der Waals surface area (Å²) < 4.78 is 10.9. The number of hydrogen-bond acceptors (Lipinski definition) is 7. The summed E-state index contributed by atoms with van der Waals surface area (Å²) in [7, 11) is 3.52. The number of thioether (sulfide) groups is 1. The van der Waals surface area contributed by atoms with Crippen LogP contribution in [0.3, 0.4) is 0 Å². The van der Waals surface area contributed by atoms with Crippen LogP contribution in [0.2, 0.25) is 0 Å². The van der Waals surface area contributed by atoms with Gasteiger partial charge in [0.2, 0.25) is 5.88 Å². The van der Waals surface area contributed by atoms with E-state index in [9.17, 15) is 9.59 Å². The number of methoxy groups -OCH3 is 1. The lowest BCUT2D eigenvalue weighted by Crippen LogP contribution is -2.24. The molecule has 0 saturated carbocycles. The van der Waals surface area contributed by atoms with Crippen molar-refractivity contribution in [1.82, 2.24) is 10.3 Å². The van der Waals surface area contributed by atoms with E-state index in [2.05, 4.69) is 10.3 Å². The first-order valence-corrected chi connectivity index (χ1v) is 9.07. The van der Waals surface area contributed by atoms with E-state index in [1.807, 2.05) is 48.3 Å². The second-order valence-electron chi connectivity index (χ2n) is 5.73. The molecule has 0 bridgehead atoms. The molecule has 0 radical (unpaired) electrons. The number of carbonyl (C=O) groups excluding carboxylic acids is 2. The Labute approximate surface area is 161 Å². The minimum atomic E-state index is -0.362. The van der Waals surface area contributed by atoms with Gasteiger partial charge in [-0.3, -0.25) is 14.9 Å². The average Bonchev–Trinajstić information content (AvgIpc) is 3.00. The van der Waals surface area contributed by atoms with Crippen LogP contribution in [0.1, 0.15) is 5.56 Å². The number of anilines is 1. The molecule has 0 aliphatic carbocycles. The van der Waals surface area contributed by atoms with Gasteiger partial charge in [-0.05, 0) is 41.6 Å². The van der Waals surface area contributed by atoms with Crippen molar-refractivity contribution in [1.29, 1.82) is 0 Å². The summed E-state index contributed by atoms with van der Waals surface area (Å²) in [5.41, 5.74) is 0.826. The number of carbonyl (C=O) groups is 2. The fourth-order valence-electron chi connectivity index (χ4n) is 2.38. The van der Waals surface area contributed by atoms with E-state index in [4.69, 9.17) is 9.47 Å². The Hall–Kier alpha value is -3.00. The summed E-state index contributed by atoms with van der Waals surface area (Å²) in [4.78, 5) is 29.5. The molecule has 0 unspecified atom stereocenters. The molecule has 7 nitrogen and oxygen atoms in total. The quantitative estimate of drug-likeness (QED) is 0.734. The van der Waals surface area contributed by atoms with Crippen molar-refractivity contribution < 1.29 is 19.1 Å². The number of rotatable bonds is 7. The molecule has 2 aromatic rings. The fraction of sp³-hybridized carbons (Fsp3) is 0.211. The predicted octanol–water partition coefficient (Wildman–Crippen LogP) is 2.93. The van der Waals surface area contributed by atoms with Crippen LogP contribution in [0.4, 0.5) is 10.6 Å². The molecule has 2 amide bonds. The van der Waals surface area contributed by atoms with Crippen molar-refractivity contribution in [3.05, 3.63) is 52.9 Å². The Kier molecular flexibility index (Phi) is 5.97. The highest BCUT2D eigenvalue weighted by Crippen LogP contribution is 2.26. The van der Waals surface area contributed by atoms with Gasteiger partial charge in [-0.1, -0.05) is 18.2 Å². The fourth-order valence-corrected chi connectivity index (χ4v) is 3.06. The van der Waals surface area contributed by atoms with Gasteiger partial charge in [-0.15, -0.1) is 0 Å². The van der Waals surface area contributed by atoms with Crippen molar-refractivity contribution in [3.63, 3.8) is 0 Å². The van der Waals surface area contributed by atoms with E-state index < -0.39 is 0 Å². The third kappa shape index (κ3) is 5.01. The molecule has 1 saturated heterocycles. The topological polar surface area (TPSA) is 80.8 Å². The molecular weight excluding hydrogens is 366 g/mol. The van der Waals surface area contributed by atoms with Crippen LogP contribution in [0.15, 0.2) is 47.4 Å². The summed E-state index contributed by atoms with van der Waals surface area (Å²) in [6, 6.07) is 12.9. The van der Waals surface area contributed by atoms with Gasteiger partial charge in [0.15, 0.2) is 0 Å². The number of hydrogen-bond donors (Lipinski definition) is 1. The first-order valence-electron chi connectivity index (χ1n) is 8.25. The number of imide groups is 1. The highest BCUT2D eigenvalue weighted by atomic mass is 32.2. The third-order valence-corrected chi connectivity index (χ3v) is 4.64. The summed E-state index contributed by atoms with van der Waals surface area (Å²) >= 11 is 0.900. The van der Waals surface area contributed by atoms with Crippen molar-refractivity contribution in [2.45, 2.75) is 0 Å². The molecule has 0 atom stereocenters. The maximum absolute atomic E-state index is 11.6. The van der Waals surface area contributed by atoms with E-state index >= 15 is 0 Å². The third-order valence-electron chi connectivity index (χ3n) is 3.82. The predicted molar refractivity (Wildman–Crippen MR) is 105 cm³/mol. The molecule has 1 aromatic heterocycles. The Morgan fingerprint density at radius 1 is 1.19 bits per heavy atom. The van der Waals surface area contributed by atoms with Gasteiger partial charge in [-0.2, -0.15) is 4.98 Å². The number of nitrogens with zero attached hydrogens (tertiary/aromatic N) is 2. The van der Waals surface area contributed by atoms with Gasteiger partial charge < -0.3 is 14.4 Å². The monoisotopic (exact) mass is 385 g/mol. The minimum absolute atomic E-state index is 0.346. The number of likely N-dealkylation sites (N-methyl/N-ethyl adjacent to an activating group) is 1. The maximum Gasteiger partial charge on any atom is 0.290 e. The van der Waals surface area contributed by atoms with Crippen LogP contribution in [0.5, 0.6) is 11.6 Å². The van der Waals surface area contributed by atoms with Gasteiger partial charge in [-0.25, -0.2) is 0 Å². The van der Waals surface area contributed by atoms with Crippen LogP contribution in [-0.4, -0.2) is 43.4 Å². The maximum atomic E-state index is 11.6. The van der Waals surface area contributed by atoms with Crippen LogP contribution >= 0.6 is 11.8 Å². The second-order valence-corrected chi connectivity index (χ2v) is 6.74. The molecule has 27 heavy (non-hydrogen) atoms. The van der Waals surface area contributed by atoms with Crippen LogP contribution < -0.4 is 19.7 Å². The molecule has 1 aliphatic rings. The molecule has 2 heterocycles. The van der Waals surface area contributed by atoms with Gasteiger partial charge in [0, 0.05) is 13.1 Å². The van der Waals surface area contributed by atoms with Gasteiger partial charge in [0.1, 0.15) is 18.2 Å². The summed E-state index contributed by atoms with van der Waals surface area (Å²) in [6.45, 7) is 1.15. The first kappa shape index (κ1) is 18.8. The molecule has 8 heteroatoms. The van der Waals surface area contributed by atoms with Gasteiger partial charge >= 0.3 is 0 Å². The van der Waals surface area contributed by atoms with E-state index in [-0.39, 0.29) is 11.1 Å². The van der Waals surface area contributed by atoms with Crippen LogP contribution in [0.25, 0.3) is 6.08 Å². The molecule has 3 rings (SSSR count). The molecule has 1 aromatic carbocycles. The second kappa shape index (κ2) is 8.59. The summed E-state index contributed by atoms with van der Waals surface area (Å²) in [5.74, 6) is 1.74. The largest absolute Gasteiger partial charge is 0.492 e. The minimum Gasteiger partial charge on any atom is -0.492 e. The van der Waals surface area contributed by atoms with Crippen molar-refractivity contribution in [2.75, 3.05) is 32.2 Å². The zero-order valence-electron chi connectivity index (χ0n) is 15.0. The molecule has 140 valence electrons. The Bertz CT molecular complexity index is 868. The lowest BCUT2D eigenvalue weighted by Gasteiger charge is -2.18. The lowest BCUT2D eigenvalue weighted by molar-refractivity contribution is -0.115. The highest BCUT2D eigenvalue weighted by Gasteiger charge is 2.24. The Morgan fingerprint density at radius 3 is 2.63 bits per heavy atom. The standard InChI is InChI=1S/C19H19N3O4S/c1-22(16-4-3-5-17(20-16)25-2)10-11-26-14-8-6-13(7-9-14)12-15-18(23)21-19(24)27-15/h3-9,12H,10-11H2,1-2H3,(H,21,23,24)/b15-12-. The van der Waals surface area contributed by atoms with E-state index in [1.54, 1.807) is 19.3 Å². The number of aromatic nitrogens is 1. The normalized spacial score (nSPS) is 15.0. The molecule has 1 fully saturated rings. The van der Waals surface area contributed by atoms with Crippen molar-refractivity contribution >= 4 is 34.8 Å². The highest BCUT2D eigenvalue weighted by molar-refractivity contribution is 8.18. The number of pyridine rings is 1. The zero-order chi connectivity index (χ0) is 19.2. The number of benzene rings is 1. The molecular formula is C19H19N3O4S. The zero-order valence-corrected chi connectivity index (χ0v) is 15.8. The average molecular weight is 385 g/mol. The van der Waals surface area contributed by atoms with Crippen molar-refractivity contribution in [3.8, 4) is 11.6 Å². The summed E-state index contributed by atoms with van der Waals surface area (Å²) in [5, 5.41) is 1.89. The van der Waals surface area contributed by atoms with E-state index in [0.29, 0.717) is 23.9 Å². The number of nitrogens with one attached hydrogen (secondary N) is 1. The Morgan fingerprint density at radius 2 is 1.96 bits per heavy atom. The van der Waals surface area contributed by atoms with Crippen LogP contribution in [0, 0.1) is 0 Å². The van der Waals surface area contributed by atoms with E-state index in [1.165, 1.54) is 0 Å². The lowest BCUT2D eigenvalue weighted by atomic mass is 10.2. The molecule has 1 aliphatic heterocycles. The smallest absolute Gasteiger partial charge is 0.290 e. The number of amides is 2. The Balaban J connectivity index is 1.52. The van der Waals surface area contributed by atoms with Gasteiger partial charge in [0.05, 0.1) is 18.6 Å².